The fourth-order valence-electron chi connectivity index (χ4n) is 1.73. The molecule has 19 heavy (non-hydrogen) atoms. The van der Waals surface area contributed by atoms with E-state index in [2.05, 4.69) is 33.3 Å². The van der Waals surface area contributed by atoms with Crippen LogP contribution in [-0.4, -0.2) is 22.9 Å². The fourth-order valence-corrected chi connectivity index (χ4v) is 2.13. The molecule has 0 saturated heterocycles. The lowest BCUT2D eigenvalue weighted by Gasteiger charge is -2.07. The van der Waals surface area contributed by atoms with Gasteiger partial charge in [-0.1, -0.05) is 28.9 Å². The number of hydrogen-bond acceptors (Lipinski definition) is 3. The molecule has 2 rings (SSSR count). The van der Waals surface area contributed by atoms with Gasteiger partial charge in [0.05, 0.1) is 12.4 Å². The van der Waals surface area contributed by atoms with Crippen LogP contribution in [0, 0.1) is 0 Å². The molecular weight excluding hydrogens is 306 g/mol. The summed E-state index contributed by atoms with van der Waals surface area (Å²) in [5.41, 5.74) is 1.08. The summed E-state index contributed by atoms with van der Waals surface area (Å²) in [7, 11) is 0. The Morgan fingerprint density at radius 3 is 3.11 bits per heavy atom. The van der Waals surface area contributed by atoms with Gasteiger partial charge in [0.2, 0.25) is 0 Å². The fraction of sp³-hybridized carbons (Fsp3) is 0.357. The van der Waals surface area contributed by atoms with Crippen molar-refractivity contribution >= 4 is 21.6 Å². The minimum absolute atomic E-state index is 0.615. The summed E-state index contributed by atoms with van der Waals surface area (Å²) >= 11 is 3.44. The summed E-state index contributed by atoms with van der Waals surface area (Å²) in [4.78, 5) is 0. The molecule has 0 amide bonds. The number of nitrogens with zero attached hydrogens (tertiary/aromatic N) is 2. The molecule has 0 aliphatic heterocycles. The van der Waals surface area contributed by atoms with Gasteiger partial charge in [-0.05, 0) is 24.6 Å². The first-order valence-electron chi connectivity index (χ1n) is 6.42. The summed E-state index contributed by atoms with van der Waals surface area (Å²) in [5.74, 6) is 0.824. The van der Waals surface area contributed by atoms with E-state index in [1.807, 2.05) is 35.1 Å². The highest BCUT2D eigenvalue weighted by Gasteiger charge is 1.98. The topological polar surface area (TPSA) is 39.1 Å². The number of aromatic nitrogens is 2. The lowest BCUT2D eigenvalue weighted by atomic mass is 10.3. The molecule has 2 aromatic rings. The van der Waals surface area contributed by atoms with E-state index >= 15 is 0 Å². The zero-order chi connectivity index (χ0) is 13.5. The van der Waals surface area contributed by atoms with Gasteiger partial charge >= 0.3 is 0 Å². The second kappa shape index (κ2) is 7.19. The van der Waals surface area contributed by atoms with Gasteiger partial charge in [0.1, 0.15) is 6.61 Å². The van der Waals surface area contributed by atoms with Gasteiger partial charge in [0.25, 0.3) is 0 Å². The molecule has 0 aliphatic carbocycles. The minimum Gasteiger partial charge on any atom is -0.488 e. The van der Waals surface area contributed by atoms with E-state index in [0.717, 1.165) is 35.4 Å². The van der Waals surface area contributed by atoms with Crippen molar-refractivity contribution in [1.29, 1.82) is 0 Å². The van der Waals surface area contributed by atoms with E-state index in [4.69, 9.17) is 4.74 Å². The van der Waals surface area contributed by atoms with Gasteiger partial charge in [-0.25, -0.2) is 0 Å². The molecule has 102 valence electrons. The molecule has 1 aromatic heterocycles. The van der Waals surface area contributed by atoms with Crippen LogP contribution < -0.4 is 10.1 Å². The summed E-state index contributed by atoms with van der Waals surface area (Å²) in [5, 5.41) is 7.52. The standard InChI is InChI=1S/C14H18BrN3O/c1-2-7-18-11-14(10-17-18)19-8-6-16-13-5-3-4-12(15)9-13/h3-5,9-11,16H,2,6-8H2,1H3. The molecule has 0 spiro atoms. The smallest absolute Gasteiger partial charge is 0.157 e. The largest absolute Gasteiger partial charge is 0.488 e. The average Bonchev–Trinajstić information content (AvgIpc) is 2.83. The van der Waals surface area contributed by atoms with Gasteiger partial charge in [0, 0.05) is 23.2 Å². The molecule has 0 atom stereocenters. The van der Waals surface area contributed by atoms with Gasteiger partial charge < -0.3 is 10.1 Å². The normalized spacial score (nSPS) is 10.4. The van der Waals surface area contributed by atoms with Crippen molar-refractivity contribution in [2.75, 3.05) is 18.5 Å². The van der Waals surface area contributed by atoms with Gasteiger partial charge in [-0.3, -0.25) is 4.68 Å². The van der Waals surface area contributed by atoms with E-state index in [1.165, 1.54) is 0 Å². The van der Waals surface area contributed by atoms with Gasteiger partial charge in [-0.15, -0.1) is 0 Å². The van der Waals surface area contributed by atoms with Crippen LogP contribution in [0.15, 0.2) is 41.1 Å². The lowest BCUT2D eigenvalue weighted by Crippen LogP contribution is -2.11. The Morgan fingerprint density at radius 2 is 2.32 bits per heavy atom. The number of aryl methyl sites for hydroxylation is 1. The van der Waals surface area contributed by atoms with E-state index in [0.29, 0.717) is 6.61 Å². The number of halogens is 1. The van der Waals surface area contributed by atoms with Crippen LogP contribution in [0.1, 0.15) is 13.3 Å². The molecule has 0 unspecified atom stereocenters. The third kappa shape index (κ3) is 4.59. The van der Waals surface area contributed by atoms with Crippen LogP contribution >= 0.6 is 15.9 Å². The van der Waals surface area contributed by atoms with Gasteiger partial charge in [-0.2, -0.15) is 5.10 Å². The highest BCUT2D eigenvalue weighted by molar-refractivity contribution is 9.10. The van der Waals surface area contributed by atoms with Crippen molar-refractivity contribution in [2.24, 2.45) is 0 Å². The summed E-state index contributed by atoms with van der Waals surface area (Å²) in [6.45, 7) is 4.43. The predicted octanol–water partition coefficient (Wildman–Crippen LogP) is 3.55. The van der Waals surface area contributed by atoms with Crippen LogP contribution in [-0.2, 0) is 6.54 Å². The van der Waals surface area contributed by atoms with Crippen LogP contribution in [0.3, 0.4) is 0 Å². The van der Waals surface area contributed by atoms with Crippen molar-refractivity contribution in [3.05, 3.63) is 41.1 Å². The minimum atomic E-state index is 0.615. The number of nitrogens with one attached hydrogen (secondary N) is 1. The lowest BCUT2D eigenvalue weighted by molar-refractivity contribution is 0.332. The Hall–Kier alpha value is -1.49. The monoisotopic (exact) mass is 323 g/mol. The van der Waals surface area contributed by atoms with E-state index in [1.54, 1.807) is 6.20 Å². The van der Waals surface area contributed by atoms with E-state index < -0.39 is 0 Å². The third-order valence-corrected chi connectivity index (χ3v) is 3.08. The number of ether oxygens (including phenoxy) is 1. The molecule has 1 aromatic carbocycles. The second-order valence-electron chi connectivity index (χ2n) is 4.22. The summed E-state index contributed by atoms with van der Waals surface area (Å²) < 4.78 is 8.60. The summed E-state index contributed by atoms with van der Waals surface area (Å²) in [6.07, 6.45) is 4.77. The zero-order valence-corrected chi connectivity index (χ0v) is 12.6. The quantitative estimate of drug-likeness (QED) is 0.792. The van der Waals surface area contributed by atoms with Crippen molar-refractivity contribution in [2.45, 2.75) is 19.9 Å². The number of anilines is 1. The Bertz CT molecular complexity index is 513. The Morgan fingerprint density at radius 1 is 1.42 bits per heavy atom. The number of rotatable bonds is 7. The molecule has 0 bridgehead atoms. The van der Waals surface area contributed by atoms with E-state index in [-0.39, 0.29) is 0 Å². The molecule has 0 radical (unpaired) electrons. The van der Waals surface area contributed by atoms with Crippen LogP contribution in [0.25, 0.3) is 0 Å². The maximum absolute atomic E-state index is 5.63. The Labute approximate surface area is 121 Å². The maximum Gasteiger partial charge on any atom is 0.157 e. The zero-order valence-electron chi connectivity index (χ0n) is 11.0. The average molecular weight is 324 g/mol. The summed E-state index contributed by atoms with van der Waals surface area (Å²) in [6, 6.07) is 8.08. The highest BCUT2D eigenvalue weighted by Crippen LogP contribution is 2.15. The van der Waals surface area contributed by atoms with Crippen LogP contribution in [0.4, 0.5) is 5.69 Å². The number of hydrogen-bond donors (Lipinski definition) is 1. The first-order valence-corrected chi connectivity index (χ1v) is 7.22. The molecule has 1 N–H and O–H groups in total. The van der Waals surface area contributed by atoms with Crippen LogP contribution in [0.2, 0.25) is 0 Å². The molecule has 5 heteroatoms. The molecule has 0 saturated carbocycles. The van der Waals surface area contributed by atoms with Crippen molar-refractivity contribution < 1.29 is 4.74 Å². The Kier molecular flexibility index (Phi) is 5.27. The van der Waals surface area contributed by atoms with Gasteiger partial charge in [0.15, 0.2) is 5.75 Å². The molecule has 4 nitrogen and oxygen atoms in total. The first kappa shape index (κ1) is 13.9. The Balaban J connectivity index is 1.71. The van der Waals surface area contributed by atoms with Crippen LogP contribution in [0.5, 0.6) is 5.75 Å². The van der Waals surface area contributed by atoms with Crippen molar-refractivity contribution in [1.82, 2.24) is 9.78 Å². The van der Waals surface area contributed by atoms with Crippen molar-refractivity contribution in [3.8, 4) is 5.75 Å². The predicted molar refractivity (Wildman–Crippen MR) is 80.6 cm³/mol. The highest BCUT2D eigenvalue weighted by atomic mass is 79.9. The van der Waals surface area contributed by atoms with Crippen molar-refractivity contribution in [3.63, 3.8) is 0 Å². The molecular formula is C14H18BrN3O. The molecule has 0 fully saturated rings. The maximum atomic E-state index is 5.63. The first-order chi connectivity index (χ1) is 9.28. The SMILES string of the molecule is CCCn1cc(OCCNc2cccc(Br)c2)cn1. The molecule has 0 aliphatic rings. The second-order valence-corrected chi connectivity index (χ2v) is 5.14. The van der Waals surface area contributed by atoms with E-state index in [9.17, 15) is 0 Å². The molecule has 1 heterocycles. The third-order valence-electron chi connectivity index (χ3n) is 2.59. The number of benzene rings is 1.